The summed E-state index contributed by atoms with van der Waals surface area (Å²) in [5.41, 5.74) is 4.48. The van der Waals surface area contributed by atoms with Gasteiger partial charge < -0.3 is 14.0 Å². The maximum absolute atomic E-state index is 13.2. The molecule has 0 spiro atoms. The second-order valence-electron chi connectivity index (χ2n) is 7.53. The van der Waals surface area contributed by atoms with E-state index in [9.17, 15) is 4.79 Å². The molecule has 166 valence electrons. The molecule has 2 aromatic carbocycles. The monoisotopic (exact) mass is 461 g/mol. The van der Waals surface area contributed by atoms with Crippen molar-refractivity contribution in [1.29, 1.82) is 0 Å². The van der Waals surface area contributed by atoms with Gasteiger partial charge in [-0.05, 0) is 41.5 Å². The molecule has 0 amide bonds. The molecule has 33 heavy (non-hydrogen) atoms. The Bertz CT molecular complexity index is 1510. The topological polar surface area (TPSA) is 83.5 Å². The van der Waals surface area contributed by atoms with Crippen LogP contribution in [0.15, 0.2) is 65.6 Å². The SMILES string of the molecule is COCc1nn2c(nnc3c(=O)n(Cc4ccc(OC)cc4)ccc32)c1-c1ccc(Cl)cc1. The van der Waals surface area contributed by atoms with Gasteiger partial charge in [-0.15, -0.1) is 10.2 Å². The Hall–Kier alpha value is -3.75. The summed E-state index contributed by atoms with van der Waals surface area (Å²) in [6.07, 6.45) is 1.75. The van der Waals surface area contributed by atoms with Crippen molar-refractivity contribution in [2.75, 3.05) is 14.2 Å². The summed E-state index contributed by atoms with van der Waals surface area (Å²) < 4.78 is 13.8. The highest BCUT2D eigenvalue weighted by molar-refractivity contribution is 6.30. The molecule has 0 aliphatic carbocycles. The molecule has 8 nitrogen and oxygen atoms in total. The quantitative estimate of drug-likeness (QED) is 0.380. The third kappa shape index (κ3) is 3.83. The largest absolute Gasteiger partial charge is 0.497 e. The van der Waals surface area contributed by atoms with Crippen LogP contribution in [0.2, 0.25) is 5.02 Å². The summed E-state index contributed by atoms with van der Waals surface area (Å²) in [4.78, 5) is 13.2. The van der Waals surface area contributed by atoms with Crippen molar-refractivity contribution < 1.29 is 9.47 Å². The van der Waals surface area contributed by atoms with Gasteiger partial charge in [0.1, 0.15) is 11.3 Å². The van der Waals surface area contributed by atoms with E-state index in [0.717, 1.165) is 22.4 Å². The third-order valence-corrected chi connectivity index (χ3v) is 5.70. The van der Waals surface area contributed by atoms with Gasteiger partial charge in [0.15, 0.2) is 11.2 Å². The summed E-state index contributed by atoms with van der Waals surface area (Å²) in [5.74, 6) is 0.764. The van der Waals surface area contributed by atoms with Crippen molar-refractivity contribution in [3.63, 3.8) is 0 Å². The van der Waals surface area contributed by atoms with Crippen LogP contribution in [0.1, 0.15) is 11.3 Å². The molecule has 9 heteroatoms. The van der Waals surface area contributed by atoms with Gasteiger partial charge in [0.2, 0.25) is 0 Å². The molecule has 3 heterocycles. The normalized spacial score (nSPS) is 11.4. The predicted octanol–water partition coefficient (Wildman–Crippen LogP) is 3.96. The predicted molar refractivity (Wildman–Crippen MR) is 126 cm³/mol. The number of hydrogen-bond acceptors (Lipinski definition) is 6. The standard InChI is InChI=1S/C24H20ClN5O3/c1-32-14-19-21(16-5-7-17(25)8-6-16)23-27-26-22-20(30(23)28-19)11-12-29(24(22)31)13-15-3-9-18(33-2)10-4-15/h3-12H,13-14H2,1-2H3. The van der Waals surface area contributed by atoms with Crippen LogP contribution in [-0.2, 0) is 17.9 Å². The molecule has 0 unspecified atom stereocenters. The summed E-state index contributed by atoms with van der Waals surface area (Å²) >= 11 is 6.06. The van der Waals surface area contributed by atoms with Gasteiger partial charge in [-0.2, -0.15) is 5.10 Å². The number of ether oxygens (including phenoxy) is 2. The van der Waals surface area contributed by atoms with Crippen LogP contribution in [0, 0.1) is 0 Å². The molecule has 3 aromatic heterocycles. The van der Waals surface area contributed by atoms with Gasteiger partial charge >= 0.3 is 0 Å². The number of aromatic nitrogens is 5. The minimum Gasteiger partial charge on any atom is -0.497 e. The number of pyridine rings is 1. The lowest BCUT2D eigenvalue weighted by Gasteiger charge is -2.08. The summed E-state index contributed by atoms with van der Waals surface area (Å²) in [6.45, 7) is 0.694. The molecule has 0 bridgehead atoms. The number of nitrogens with zero attached hydrogens (tertiary/aromatic N) is 5. The van der Waals surface area contributed by atoms with Crippen molar-refractivity contribution >= 4 is 28.3 Å². The molecule has 0 fully saturated rings. The van der Waals surface area contributed by atoms with Crippen molar-refractivity contribution in [3.8, 4) is 16.9 Å². The van der Waals surface area contributed by atoms with Gasteiger partial charge in [-0.3, -0.25) is 4.79 Å². The van der Waals surface area contributed by atoms with Crippen molar-refractivity contribution in [2.24, 2.45) is 0 Å². The molecule has 0 saturated carbocycles. The first-order valence-electron chi connectivity index (χ1n) is 10.2. The summed E-state index contributed by atoms with van der Waals surface area (Å²) in [7, 11) is 3.23. The van der Waals surface area contributed by atoms with E-state index in [1.807, 2.05) is 54.6 Å². The zero-order valence-electron chi connectivity index (χ0n) is 18.0. The number of benzene rings is 2. The van der Waals surface area contributed by atoms with Crippen LogP contribution in [0.3, 0.4) is 0 Å². The second-order valence-corrected chi connectivity index (χ2v) is 7.96. The zero-order chi connectivity index (χ0) is 22.9. The van der Waals surface area contributed by atoms with Crippen LogP contribution in [0.4, 0.5) is 0 Å². The first kappa shape index (κ1) is 21.1. The number of rotatable bonds is 6. The first-order chi connectivity index (χ1) is 16.1. The maximum Gasteiger partial charge on any atom is 0.280 e. The van der Waals surface area contributed by atoms with E-state index in [-0.39, 0.29) is 17.7 Å². The molecular formula is C24H20ClN5O3. The van der Waals surface area contributed by atoms with Crippen molar-refractivity contribution in [1.82, 2.24) is 24.4 Å². The molecular weight excluding hydrogens is 442 g/mol. The van der Waals surface area contributed by atoms with Crippen LogP contribution < -0.4 is 10.3 Å². The molecule has 5 aromatic rings. The fraction of sp³-hybridized carbons (Fsp3) is 0.167. The van der Waals surface area contributed by atoms with E-state index in [1.165, 1.54) is 0 Å². The maximum atomic E-state index is 13.2. The highest BCUT2D eigenvalue weighted by Crippen LogP contribution is 2.30. The molecule has 0 saturated heterocycles. The van der Waals surface area contributed by atoms with E-state index in [4.69, 9.17) is 26.2 Å². The van der Waals surface area contributed by atoms with Crippen molar-refractivity contribution in [3.05, 3.63) is 87.4 Å². The number of methoxy groups -OCH3 is 2. The average Bonchev–Trinajstić information content (AvgIpc) is 3.20. The van der Waals surface area contributed by atoms with Crippen LogP contribution >= 0.6 is 11.6 Å². The van der Waals surface area contributed by atoms with Gasteiger partial charge in [0.25, 0.3) is 5.56 Å². The van der Waals surface area contributed by atoms with E-state index in [2.05, 4.69) is 10.2 Å². The average molecular weight is 462 g/mol. The van der Waals surface area contributed by atoms with E-state index in [1.54, 1.807) is 29.5 Å². The van der Waals surface area contributed by atoms with Crippen molar-refractivity contribution in [2.45, 2.75) is 13.2 Å². The molecule has 0 atom stereocenters. The first-order valence-corrected chi connectivity index (χ1v) is 10.6. The Morgan fingerprint density at radius 3 is 2.42 bits per heavy atom. The smallest absolute Gasteiger partial charge is 0.280 e. The minimum atomic E-state index is -0.241. The fourth-order valence-electron chi connectivity index (χ4n) is 3.83. The lowest BCUT2D eigenvalue weighted by atomic mass is 10.1. The fourth-order valence-corrected chi connectivity index (χ4v) is 3.96. The van der Waals surface area contributed by atoms with Crippen LogP contribution in [0.5, 0.6) is 5.75 Å². The molecule has 0 aliphatic rings. The van der Waals surface area contributed by atoms with E-state index < -0.39 is 0 Å². The molecule has 0 aliphatic heterocycles. The zero-order valence-corrected chi connectivity index (χ0v) is 18.8. The lowest BCUT2D eigenvalue weighted by molar-refractivity contribution is 0.181. The van der Waals surface area contributed by atoms with E-state index in [0.29, 0.717) is 28.4 Å². The Kier molecular flexibility index (Phi) is 5.53. The Morgan fingerprint density at radius 1 is 0.970 bits per heavy atom. The lowest BCUT2D eigenvalue weighted by Crippen LogP contribution is -2.22. The van der Waals surface area contributed by atoms with Gasteiger partial charge in [-0.25, -0.2) is 4.52 Å². The molecule has 5 rings (SSSR count). The summed E-state index contributed by atoms with van der Waals surface area (Å²) in [6, 6.07) is 16.8. The Labute approximate surface area is 194 Å². The Morgan fingerprint density at radius 2 is 1.73 bits per heavy atom. The van der Waals surface area contributed by atoms with E-state index >= 15 is 0 Å². The van der Waals surface area contributed by atoms with Gasteiger partial charge in [0, 0.05) is 18.3 Å². The number of hydrogen-bond donors (Lipinski definition) is 0. The van der Waals surface area contributed by atoms with Crippen LogP contribution in [-0.4, -0.2) is 38.6 Å². The highest BCUT2D eigenvalue weighted by Gasteiger charge is 2.19. The number of halogens is 1. The van der Waals surface area contributed by atoms with Gasteiger partial charge in [0.05, 0.1) is 31.5 Å². The minimum absolute atomic E-state index is 0.241. The molecule has 0 radical (unpaired) electrons. The highest BCUT2D eigenvalue weighted by atomic mass is 35.5. The van der Waals surface area contributed by atoms with Crippen LogP contribution in [0.25, 0.3) is 27.8 Å². The van der Waals surface area contributed by atoms with Gasteiger partial charge in [-0.1, -0.05) is 35.9 Å². The summed E-state index contributed by atoms with van der Waals surface area (Å²) in [5, 5.41) is 14.0. The second kappa shape index (κ2) is 8.65. The number of fused-ring (bicyclic) bond motifs is 3. The Balaban J connectivity index is 1.63. The molecule has 0 N–H and O–H groups in total. The third-order valence-electron chi connectivity index (χ3n) is 5.45.